The van der Waals surface area contributed by atoms with Crippen LogP contribution in [0.2, 0.25) is 0 Å². The van der Waals surface area contributed by atoms with Gasteiger partial charge < -0.3 is 9.47 Å². The molecule has 0 bridgehead atoms. The van der Waals surface area contributed by atoms with Gasteiger partial charge in [-0.2, -0.15) is 5.26 Å². The molecule has 1 rings (SSSR count). The maximum absolute atomic E-state index is 8.77. The highest BCUT2D eigenvalue weighted by atomic mass is 16.5. The number of nitrogens with zero attached hydrogens (tertiary/aromatic N) is 2. The maximum Gasteiger partial charge on any atom is 0.214 e. The van der Waals surface area contributed by atoms with E-state index in [9.17, 15) is 0 Å². The van der Waals surface area contributed by atoms with Crippen LogP contribution in [0.15, 0.2) is 12.1 Å². The van der Waals surface area contributed by atoms with E-state index in [0.29, 0.717) is 24.7 Å². The zero-order chi connectivity index (χ0) is 12.0. The van der Waals surface area contributed by atoms with Gasteiger partial charge in [-0.05, 0) is 26.8 Å². The van der Waals surface area contributed by atoms with Crippen LogP contribution in [0.5, 0.6) is 5.88 Å². The average molecular weight is 220 g/mol. The van der Waals surface area contributed by atoms with Crippen LogP contribution >= 0.6 is 0 Å². The number of pyridine rings is 1. The van der Waals surface area contributed by atoms with Gasteiger partial charge in [0, 0.05) is 11.8 Å². The van der Waals surface area contributed by atoms with E-state index < -0.39 is 0 Å². The van der Waals surface area contributed by atoms with Crippen molar-refractivity contribution < 1.29 is 9.47 Å². The van der Waals surface area contributed by atoms with Crippen molar-refractivity contribution >= 4 is 0 Å². The molecule has 0 aliphatic carbocycles. The molecule has 86 valence electrons. The highest BCUT2D eigenvalue weighted by molar-refractivity contribution is 5.33. The first kappa shape index (κ1) is 12.5. The van der Waals surface area contributed by atoms with Crippen molar-refractivity contribution in [2.75, 3.05) is 13.2 Å². The van der Waals surface area contributed by atoms with Crippen molar-refractivity contribution in [3.8, 4) is 11.9 Å². The van der Waals surface area contributed by atoms with Crippen LogP contribution in [0.25, 0.3) is 0 Å². The van der Waals surface area contributed by atoms with E-state index in [2.05, 4.69) is 11.1 Å². The Labute approximate surface area is 95.8 Å². The SMILES string of the molecule is Cc1cc(C#N)cc(OCCOC(C)C)n1. The fraction of sp³-hybridized carbons (Fsp3) is 0.500. The molecule has 0 aliphatic heterocycles. The lowest BCUT2D eigenvalue weighted by molar-refractivity contribution is 0.0542. The van der Waals surface area contributed by atoms with E-state index >= 15 is 0 Å². The first-order valence-corrected chi connectivity index (χ1v) is 5.25. The van der Waals surface area contributed by atoms with Gasteiger partial charge in [-0.25, -0.2) is 4.98 Å². The van der Waals surface area contributed by atoms with Gasteiger partial charge in [0.2, 0.25) is 5.88 Å². The van der Waals surface area contributed by atoms with Crippen LogP contribution in [0.3, 0.4) is 0 Å². The van der Waals surface area contributed by atoms with Gasteiger partial charge in [0.25, 0.3) is 0 Å². The largest absolute Gasteiger partial charge is 0.475 e. The highest BCUT2D eigenvalue weighted by Gasteiger charge is 2.01. The number of hydrogen-bond acceptors (Lipinski definition) is 4. The van der Waals surface area contributed by atoms with Crippen molar-refractivity contribution in [1.82, 2.24) is 4.98 Å². The Bertz CT molecular complexity index is 383. The zero-order valence-corrected chi connectivity index (χ0v) is 9.86. The first-order valence-electron chi connectivity index (χ1n) is 5.25. The van der Waals surface area contributed by atoms with Crippen LogP contribution in [0.4, 0.5) is 0 Å². The zero-order valence-electron chi connectivity index (χ0n) is 9.86. The van der Waals surface area contributed by atoms with E-state index in [-0.39, 0.29) is 6.10 Å². The second kappa shape index (κ2) is 6.09. The molecule has 0 fully saturated rings. The molecule has 1 aromatic rings. The molecule has 0 atom stereocenters. The normalized spacial score (nSPS) is 10.2. The first-order chi connectivity index (χ1) is 7.61. The second-order valence-corrected chi connectivity index (χ2v) is 3.72. The Morgan fingerprint density at radius 1 is 1.38 bits per heavy atom. The minimum Gasteiger partial charge on any atom is -0.475 e. The summed E-state index contributed by atoms with van der Waals surface area (Å²) in [6, 6.07) is 5.41. The fourth-order valence-corrected chi connectivity index (χ4v) is 1.21. The number of ether oxygens (including phenoxy) is 2. The van der Waals surface area contributed by atoms with Crippen LogP contribution in [0.1, 0.15) is 25.1 Å². The van der Waals surface area contributed by atoms with Gasteiger partial charge in [0.1, 0.15) is 6.61 Å². The van der Waals surface area contributed by atoms with Gasteiger partial charge >= 0.3 is 0 Å². The van der Waals surface area contributed by atoms with Gasteiger partial charge in [-0.15, -0.1) is 0 Å². The van der Waals surface area contributed by atoms with Crippen molar-refractivity contribution in [1.29, 1.82) is 5.26 Å². The summed E-state index contributed by atoms with van der Waals surface area (Å²) in [5.74, 6) is 0.476. The molecule has 0 saturated carbocycles. The molecule has 1 heterocycles. The topological polar surface area (TPSA) is 55.1 Å². The predicted octanol–water partition coefficient (Wildman–Crippen LogP) is 2.07. The lowest BCUT2D eigenvalue weighted by Gasteiger charge is -2.09. The van der Waals surface area contributed by atoms with Crippen molar-refractivity contribution in [2.45, 2.75) is 26.9 Å². The Kier molecular flexibility index (Phi) is 4.74. The molecule has 16 heavy (non-hydrogen) atoms. The van der Waals surface area contributed by atoms with E-state index in [0.717, 1.165) is 5.69 Å². The molecule has 0 saturated heterocycles. The molecule has 0 aromatic carbocycles. The monoisotopic (exact) mass is 220 g/mol. The van der Waals surface area contributed by atoms with E-state index in [1.54, 1.807) is 12.1 Å². The Morgan fingerprint density at radius 2 is 2.12 bits per heavy atom. The number of nitriles is 1. The molecule has 0 unspecified atom stereocenters. The number of aryl methyl sites for hydroxylation is 1. The number of hydrogen-bond donors (Lipinski definition) is 0. The Balaban J connectivity index is 2.48. The second-order valence-electron chi connectivity index (χ2n) is 3.72. The summed E-state index contributed by atoms with van der Waals surface area (Å²) < 4.78 is 10.7. The molecule has 0 aliphatic rings. The maximum atomic E-state index is 8.77. The Morgan fingerprint density at radius 3 is 2.75 bits per heavy atom. The summed E-state index contributed by atoms with van der Waals surface area (Å²) in [5.41, 5.74) is 1.34. The minimum absolute atomic E-state index is 0.198. The summed E-state index contributed by atoms with van der Waals surface area (Å²) in [6.07, 6.45) is 0.198. The molecule has 0 radical (unpaired) electrons. The summed E-state index contributed by atoms with van der Waals surface area (Å²) in [5, 5.41) is 8.77. The summed E-state index contributed by atoms with van der Waals surface area (Å²) in [4.78, 5) is 4.17. The quantitative estimate of drug-likeness (QED) is 0.713. The van der Waals surface area contributed by atoms with Gasteiger partial charge in [-0.1, -0.05) is 0 Å². The minimum atomic E-state index is 0.198. The number of rotatable bonds is 5. The lowest BCUT2D eigenvalue weighted by Crippen LogP contribution is -2.12. The molecule has 4 nitrogen and oxygen atoms in total. The summed E-state index contributed by atoms with van der Waals surface area (Å²) >= 11 is 0. The molecule has 0 spiro atoms. The Hall–Kier alpha value is -1.60. The van der Waals surface area contributed by atoms with Crippen LogP contribution < -0.4 is 4.74 Å². The highest BCUT2D eigenvalue weighted by Crippen LogP contribution is 2.11. The van der Waals surface area contributed by atoms with Crippen LogP contribution in [0, 0.1) is 18.3 Å². The van der Waals surface area contributed by atoms with Crippen molar-refractivity contribution in [3.05, 3.63) is 23.4 Å². The molecular formula is C12H16N2O2. The third-order valence-electron chi connectivity index (χ3n) is 1.84. The molecule has 1 aromatic heterocycles. The van der Waals surface area contributed by atoms with Gasteiger partial charge in [0.15, 0.2) is 0 Å². The molecular weight excluding hydrogens is 204 g/mol. The fourth-order valence-electron chi connectivity index (χ4n) is 1.21. The van der Waals surface area contributed by atoms with E-state index in [1.165, 1.54) is 0 Å². The summed E-state index contributed by atoms with van der Waals surface area (Å²) in [6.45, 7) is 6.74. The molecule has 0 amide bonds. The average Bonchev–Trinajstić information content (AvgIpc) is 2.23. The van der Waals surface area contributed by atoms with Gasteiger partial charge in [-0.3, -0.25) is 0 Å². The summed E-state index contributed by atoms with van der Waals surface area (Å²) in [7, 11) is 0. The lowest BCUT2D eigenvalue weighted by atomic mass is 10.2. The van der Waals surface area contributed by atoms with Crippen LogP contribution in [-0.4, -0.2) is 24.3 Å². The standard InChI is InChI=1S/C12H16N2O2/c1-9(2)15-4-5-16-12-7-11(8-13)6-10(3)14-12/h6-7,9H,4-5H2,1-3H3. The van der Waals surface area contributed by atoms with E-state index in [4.69, 9.17) is 14.7 Å². The van der Waals surface area contributed by atoms with Gasteiger partial charge in [0.05, 0.1) is 24.3 Å². The van der Waals surface area contributed by atoms with Crippen molar-refractivity contribution in [2.24, 2.45) is 0 Å². The van der Waals surface area contributed by atoms with E-state index in [1.807, 2.05) is 20.8 Å². The third kappa shape index (κ3) is 4.28. The molecule has 4 heteroatoms. The predicted molar refractivity (Wildman–Crippen MR) is 60.3 cm³/mol. The van der Waals surface area contributed by atoms with Crippen molar-refractivity contribution in [3.63, 3.8) is 0 Å². The van der Waals surface area contributed by atoms with Crippen LogP contribution in [-0.2, 0) is 4.74 Å². The molecule has 0 N–H and O–H groups in total. The number of aromatic nitrogens is 1. The smallest absolute Gasteiger partial charge is 0.214 e. The third-order valence-corrected chi connectivity index (χ3v) is 1.84.